The maximum atomic E-state index is 5.24. The molecule has 0 bridgehead atoms. The Hall–Kier alpha value is -0.640. The Balaban J connectivity index is 3.48. The van der Waals surface area contributed by atoms with Gasteiger partial charge in [-0.1, -0.05) is 52.4 Å². The number of rotatable bonds is 8. The van der Waals surface area contributed by atoms with Gasteiger partial charge in [-0.05, 0) is 12.8 Å². The Morgan fingerprint density at radius 2 is 1.69 bits per heavy atom. The smallest absolute Gasteiger partial charge is 0.0340 e. The first-order valence-electron chi connectivity index (χ1n) is 5.56. The van der Waals surface area contributed by atoms with E-state index in [4.69, 9.17) is 6.42 Å². The van der Waals surface area contributed by atoms with Crippen LogP contribution in [0.25, 0.3) is 0 Å². The third-order valence-corrected chi connectivity index (χ3v) is 2.35. The standard InChI is InChI=1S/C12H23N/c1-4-7-9-11-12(13-6-3)10-8-5-2/h3,12-13H,4-5,7-11H2,1-2H3. The third-order valence-electron chi connectivity index (χ3n) is 2.35. The summed E-state index contributed by atoms with van der Waals surface area (Å²) in [5.74, 6) is 0. The fourth-order valence-corrected chi connectivity index (χ4v) is 1.50. The highest BCUT2D eigenvalue weighted by Crippen LogP contribution is 2.09. The van der Waals surface area contributed by atoms with E-state index in [0.717, 1.165) is 0 Å². The van der Waals surface area contributed by atoms with Crippen LogP contribution in [0.1, 0.15) is 58.8 Å². The van der Waals surface area contributed by atoms with Crippen LogP contribution in [0.2, 0.25) is 0 Å². The average Bonchev–Trinajstić information content (AvgIpc) is 2.14. The summed E-state index contributed by atoms with van der Waals surface area (Å²) in [5, 5.41) is 3.10. The van der Waals surface area contributed by atoms with E-state index in [-0.39, 0.29) is 0 Å². The van der Waals surface area contributed by atoms with E-state index in [1.54, 1.807) is 0 Å². The average molecular weight is 181 g/mol. The molecule has 0 aromatic carbocycles. The van der Waals surface area contributed by atoms with E-state index < -0.39 is 0 Å². The Labute approximate surface area is 83.3 Å². The van der Waals surface area contributed by atoms with Crippen molar-refractivity contribution in [3.05, 3.63) is 0 Å². The first kappa shape index (κ1) is 12.4. The molecule has 0 aromatic heterocycles. The molecular formula is C12H23N. The van der Waals surface area contributed by atoms with E-state index in [2.05, 4.69) is 25.2 Å². The van der Waals surface area contributed by atoms with Gasteiger partial charge in [-0.2, -0.15) is 0 Å². The van der Waals surface area contributed by atoms with Crippen molar-refractivity contribution in [2.24, 2.45) is 0 Å². The minimum absolute atomic E-state index is 0.552. The molecule has 0 fully saturated rings. The van der Waals surface area contributed by atoms with Crippen LogP contribution in [0.3, 0.4) is 0 Å². The molecule has 0 aliphatic rings. The van der Waals surface area contributed by atoms with E-state index in [9.17, 15) is 0 Å². The van der Waals surface area contributed by atoms with Gasteiger partial charge in [0.05, 0.1) is 0 Å². The van der Waals surface area contributed by atoms with Gasteiger partial charge in [-0.25, -0.2) is 0 Å². The number of nitrogens with one attached hydrogen (secondary N) is 1. The van der Waals surface area contributed by atoms with E-state index >= 15 is 0 Å². The van der Waals surface area contributed by atoms with Crippen LogP contribution in [-0.2, 0) is 0 Å². The number of unbranched alkanes of at least 4 members (excludes halogenated alkanes) is 3. The zero-order valence-electron chi connectivity index (χ0n) is 9.10. The second kappa shape index (κ2) is 9.45. The maximum absolute atomic E-state index is 5.24. The fraction of sp³-hybridized carbons (Fsp3) is 0.833. The molecule has 1 unspecified atom stereocenters. The van der Waals surface area contributed by atoms with Gasteiger partial charge in [0.2, 0.25) is 0 Å². The summed E-state index contributed by atoms with van der Waals surface area (Å²) >= 11 is 0. The zero-order chi connectivity index (χ0) is 9.94. The SMILES string of the molecule is C#CNC(CCCC)CCCCC. The molecule has 0 saturated carbocycles. The molecule has 76 valence electrons. The van der Waals surface area contributed by atoms with Crippen molar-refractivity contribution in [2.75, 3.05) is 0 Å². The topological polar surface area (TPSA) is 12.0 Å². The number of hydrogen-bond donors (Lipinski definition) is 1. The van der Waals surface area contributed by atoms with Crippen molar-refractivity contribution in [3.8, 4) is 12.5 Å². The molecule has 0 rings (SSSR count). The Kier molecular flexibility index (Phi) is 8.98. The van der Waals surface area contributed by atoms with E-state index in [0.29, 0.717) is 6.04 Å². The molecule has 0 aliphatic carbocycles. The summed E-state index contributed by atoms with van der Waals surface area (Å²) < 4.78 is 0. The Bertz CT molecular complexity index is 135. The molecule has 1 N–H and O–H groups in total. The molecule has 0 spiro atoms. The lowest BCUT2D eigenvalue weighted by Crippen LogP contribution is -2.24. The highest BCUT2D eigenvalue weighted by Gasteiger charge is 2.04. The first-order chi connectivity index (χ1) is 6.35. The van der Waals surface area contributed by atoms with Crippen LogP contribution in [0.5, 0.6) is 0 Å². The van der Waals surface area contributed by atoms with Crippen LogP contribution in [0.4, 0.5) is 0 Å². The summed E-state index contributed by atoms with van der Waals surface area (Å²) in [4.78, 5) is 0. The lowest BCUT2D eigenvalue weighted by Gasteiger charge is -2.14. The quantitative estimate of drug-likeness (QED) is 0.344. The predicted octanol–water partition coefficient (Wildman–Crippen LogP) is 3.31. The zero-order valence-corrected chi connectivity index (χ0v) is 9.10. The van der Waals surface area contributed by atoms with Crippen LogP contribution in [0, 0.1) is 12.5 Å². The number of hydrogen-bond acceptors (Lipinski definition) is 1. The summed E-state index contributed by atoms with van der Waals surface area (Å²) in [6.07, 6.45) is 14.2. The van der Waals surface area contributed by atoms with Crippen molar-refractivity contribution in [1.29, 1.82) is 0 Å². The third kappa shape index (κ3) is 7.71. The van der Waals surface area contributed by atoms with Gasteiger partial charge in [-0.3, -0.25) is 0 Å². The minimum Gasteiger partial charge on any atom is -0.343 e. The highest BCUT2D eigenvalue weighted by atomic mass is 14.9. The molecule has 0 amide bonds. The normalized spacial score (nSPS) is 12.1. The van der Waals surface area contributed by atoms with Crippen LogP contribution in [-0.4, -0.2) is 6.04 Å². The summed E-state index contributed by atoms with van der Waals surface area (Å²) in [6.45, 7) is 4.45. The van der Waals surface area contributed by atoms with Crippen molar-refractivity contribution >= 4 is 0 Å². The van der Waals surface area contributed by atoms with Crippen molar-refractivity contribution in [3.63, 3.8) is 0 Å². The van der Waals surface area contributed by atoms with Gasteiger partial charge in [0.15, 0.2) is 0 Å². The van der Waals surface area contributed by atoms with Crippen LogP contribution < -0.4 is 5.32 Å². The second-order valence-corrected chi connectivity index (χ2v) is 3.62. The van der Waals surface area contributed by atoms with Gasteiger partial charge in [-0.15, -0.1) is 0 Å². The summed E-state index contributed by atoms with van der Waals surface area (Å²) in [5.41, 5.74) is 0. The molecular weight excluding hydrogens is 158 g/mol. The first-order valence-corrected chi connectivity index (χ1v) is 5.56. The molecule has 0 heterocycles. The molecule has 0 aromatic rings. The minimum atomic E-state index is 0.552. The fourth-order valence-electron chi connectivity index (χ4n) is 1.50. The monoisotopic (exact) mass is 181 g/mol. The lowest BCUT2D eigenvalue weighted by molar-refractivity contribution is 0.470. The Morgan fingerprint density at radius 3 is 2.23 bits per heavy atom. The molecule has 0 aliphatic heterocycles. The van der Waals surface area contributed by atoms with Crippen LogP contribution >= 0.6 is 0 Å². The Morgan fingerprint density at radius 1 is 1.08 bits per heavy atom. The van der Waals surface area contributed by atoms with E-state index in [1.165, 1.54) is 44.9 Å². The van der Waals surface area contributed by atoms with Gasteiger partial charge < -0.3 is 5.32 Å². The van der Waals surface area contributed by atoms with Gasteiger partial charge in [0, 0.05) is 12.1 Å². The molecule has 0 saturated heterocycles. The largest absolute Gasteiger partial charge is 0.343 e. The second-order valence-electron chi connectivity index (χ2n) is 3.62. The van der Waals surface area contributed by atoms with Gasteiger partial charge in [0.25, 0.3) is 0 Å². The summed E-state index contributed by atoms with van der Waals surface area (Å²) in [7, 11) is 0. The van der Waals surface area contributed by atoms with Gasteiger partial charge in [0.1, 0.15) is 0 Å². The number of terminal acetylenes is 1. The molecule has 1 atom stereocenters. The molecule has 1 heteroatoms. The van der Waals surface area contributed by atoms with E-state index in [1.807, 2.05) is 0 Å². The van der Waals surface area contributed by atoms with Crippen molar-refractivity contribution in [2.45, 2.75) is 64.8 Å². The maximum Gasteiger partial charge on any atom is 0.0340 e. The molecule has 0 radical (unpaired) electrons. The van der Waals surface area contributed by atoms with Crippen LogP contribution in [0.15, 0.2) is 0 Å². The van der Waals surface area contributed by atoms with Crippen molar-refractivity contribution in [1.82, 2.24) is 5.32 Å². The molecule has 13 heavy (non-hydrogen) atoms. The van der Waals surface area contributed by atoms with Gasteiger partial charge >= 0.3 is 0 Å². The van der Waals surface area contributed by atoms with Crippen molar-refractivity contribution < 1.29 is 0 Å². The predicted molar refractivity (Wildman–Crippen MR) is 59.4 cm³/mol. The molecule has 1 nitrogen and oxygen atoms in total. The highest BCUT2D eigenvalue weighted by molar-refractivity contribution is 4.85. The summed E-state index contributed by atoms with van der Waals surface area (Å²) in [6, 6.07) is 3.11. The lowest BCUT2D eigenvalue weighted by atomic mass is 10.0.